The molecule has 1 aromatic carbocycles. The SMILES string of the molecule is Cc1nc(C)c2c(C)c(C(=O)N[C@H]3CCSc4c(F)cccc43)sc2n1. The maximum atomic E-state index is 14.0. The third kappa shape index (κ3) is 2.89. The third-order valence-corrected chi connectivity index (χ3v) is 6.96. The highest BCUT2D eigenvalue weighted by Gasteiger charge is 2.26. The largest absolute Gasteiger partial charge is 0.344 e. The van der Waals surface area contributed by atoms with Gasteiger partial charge in [0.05, 0.1) is 10.9 Å². The fourth-order valence-corrected chi connectivity index (χ4v) is 5.77. The minimum Gasteiger partial charge on any atom is -0.344 e. The van der Waals surface area contributed by atoms with Gasteiger partial charge in [0.15, 0.2) is 0 Å². The Kier molecular flexibility index (Phi) is 4.44. The van der Waals surface area contributed by atoms with E-state index in [0.717, 1.165) is 39.2 Å². The number of thioether (sulfide) groups is 1. The molecule has 0 fully saturated rings. The maximum absolute atomic E-state index is 14.0. The van der Waals surface area contributed by atoms with Crippen molar-refractivity contribution < 1.29 is 9.18 Å². The molecule has 3 heterocycles. The summed E-state index contributed by atoms with van der Waals surface area (Å²) in [4.78, 5) is 24.0. The summed E-state index contributed by atoms with van der Waals surface area (Å²) in [6.45, 7) is 5.73. The molecule has 3 aromatic rings. The van der Waals surface area contributed by atoms with Gasteiger partial charge in [-0.3, -0.25) is 4.79 Å². The number of amides is 1. The van der Waals surface area contributed by atoms with Gasteiger partial charge in [-0.2, -0.15) is 0 Å². The van der Waals surface area contributed by atoms with E-state index in [4.69, 9.17) is 0 Å². The number of nitrogens with zero attached hydrogens (tertiary/aromatic N) is 2. The number of thiophene rings is 1. The van der Waals surface area contributed by atoms with Gasteiger partial charge in [0.25, 0.3) is 5.91 Å². The van der Waals surface area contributed by atoms with Crippen molar-refractivity contribution in [3.05, 3.63) is 51.5 Å². The summed E-state index contributed by atoms with van der Waals surface area (Å²) in [6.07, 6.45) is 0.786. The first-order valence-corrected chi connectivity index (χ1v) is 10.2. The molecular formula is C19H18FN3OS2. The van der Waals surface area contributed by atoms with Gasteiger partial charge >= 0.3 is 0 Å². The number of benzene rings is 1. The second-order valence-corrected chi connectivity index (χ2v) is 8.52. The Morgan fingerprint density at radius 2 is 2.08 bits per heavy atom. The highest BCUT2D eigenvalue weighted by molar-refractivity contribution is 7.99. The predicted molar refractivity (Wildman–Crippen MR) is 104 cm³/mol. The number of rotatable bonds is 2. The van der Waals surface area contributed by atoms with E-state index >= 15 is 0 Å². The number of hydrogen-bond donors (Lipinski definition) is 1. The van der Waals surface area contributed by atoms with Crippen molar-refractivity contribution >= 4 is 39.2 Å². The van der Waals surface area contributed by atoms with Gasteiger partial charge in [0, 0.05) is 21.7 Å². The van der Waals surface area contributed by atoms with Gasteiger partial charge in [-0.1, -0.05) is 12.1 Å². The Morgan fingerprint density at radius 3 is 2.88 bits per heavy atom. The van der Waals surface area contributed by atoms with Crippen LogP contribution in [0.1, 0.15) is 44.8 Å². The highest BCUT2D eigenvalue weighted by Crippen LogP contribution is 2.38. The van der Waals surface area contributed by atoms with Crippen LogP contribution in [0.15, 0.2) is 23.1 Å². The van der Waals surface area contributed by atoms with Crippen molar-refractivity contribution in [3.63, 3.8) is 0 Å². The number of hydrogen-bond acceptors (Lipinski definition) is 5. The molecule has 1 amide bonds. The average molecular weight is 388 g/mol. The van der Waals surface area contributed by atoms with Crippen LogP contribution in [0.25, 0.3) is 10.2 Å². The summed E-state index contributed by atoms with van der Waals surface area (Å²) in [5.74, 6) is 1.14. The molecule has 26 heavy (non-hydrogen) atoms. The minimum absolute atomic E-state index is 0.130. The van der Waals surface area contributed by atoms with Crippen LogP contribution in [0.2, 0.25) is 0 Å². The molecule has 1 atom stereocenters. The van der Waals surface area contributed by atoms with Crippen LogP contribution in [0.4, 0.5) is 4.39 Å². The first-order chi connectivity index (χ1) is 12.5. The Morgan fingerprint density at radius 1 is 1.27 bits per heavy atom. The lowest BCUT2D eigenvalue weighted by atomic mass is 10.0. The fourth-order valence-electron chi connectivity index (χ4n) is 3.45. The van der Waals surface area contributed by atoms with Crippen LogP contribution >= 0.6 is 23.1 Å². The van der Waals surface area contributed by atoms with Crippen molar-refractivity contribution in [2.45, 2.75) is 38.1 Å². The number of aryl methyl sites for hydroxylation is 3. The lowest BCUT2D eigenvalue weighted by Crippen LogP contribution is -2.30. The average Bonchev–Trinajstić information content (AvgIpc) is 2.92. The van der Waals surface area contributed by atoms with E-state index in [1.165, 1.54) is 29.2 Å². The van der Waals surface area contributed by atoms with E-state index < -0.39 is 0 Å². The zero-order chi connectivity index (χ0) is 18.4. The molecule has 7 heteroatoms. The number of carbonyl (C=O) groups excluding carboxylic acids is 1. The minimum atomic E-state index is -0.217. The van der Waals surface area contributed by atoms with E-state index in [2.05, 4.69) is 15.3 Å². The van der Waals surface area contributed by atoms with Crippen molar-refractivity contribution in [1.29, 1.82) is 0 Å². The number of halogens is 1. The Balaban J connectivity index is 1.68. The van der Waals surface area contributed by atoms with Crippen LogP contribution in [0, 0.1) is 26.6 Å². The first kappa shape index (κ1) is 17.4. The molecule has 0 bridgehead atoms. The smallest absolute Gasteiger partial charge is 0.262 e. The predicted octanol–water partition coefficient (Wildman–Crippen LogP) is 4.72. The molecule has 0 spiro atoms. The molecule has 0 unspecified atom stereocenters. The molecule has 134 valence electrons. The van der Waals surface area contributed by atoms with E-state index in [-0.39, 0.29) is 17.8 Å². The van der Waals surface area contributed by atoms with Crippen LogP contribution < -0.4 is 5.32 Å². The van der Waals surface area contributed by atoms with E-state index in [0.29, 0.717) is 15.6 Å². The van der Waals surface area contributed by atoms with Crippen molar-refractivity contribution in [2.75, 3.05) is 5.75 Å². The maximum Gasteiger partial charge on any atom is 0.262 e. The quantitative estimate of drug-likeness (QED) is 0.691. The van der Waals surface area contributed by atoms with Crippen LogP contribution in [-0.2, 0) is 0 Å². The lowest BCUT2D eigenvalue weighted by Gasteiger charge is -2.26. The fraction of sp³-hybridized carbons (Fsp3) is 0.316. The van der Waals surface area contributed by atoms with Crippen LogP contribution in [-0.4, -0.2) is 21.6 Å². The number of aromatic nitrogens is 2. The van der Waals surface area contributed by atoms with Gasteiger partial charge < -0.3 is 5.32 Å². The molecule has 0 saturated heterocycles. The third-order valence-electron chi connectivity index (χ3n) is 4.62. The van der Waals surface area contributed by atoms with E-state index in [9.17, 15) is 9.18 Å². The first-order valence-electron chi connectivity index (χ1n) is 8.42. The molecule has 1 N–H and O–H groups in total. The zero-order valence-corrected chi connectivity index (χ0v) is 16.4. The van der Waals surface area contributed by atoms with Gasteiger partial charge in [-0.25, -0.2) is 14.4 Å². The van der Waals surface area contributed by atoms with Crippen molar-refractivity contribution in [1.82, 2.24) is 15.3 Å². The van der Waals surface area contributed by atoms with Gasteiger partial charge in [0.2, 0.25) is 0 Å². The molecular weight excluding hydrogens is 369 g/mol. The number of fused-ring (bicyclic) bond motifs is 2. The summed E-state index contributed by atoms with van der Waals surface area (Å²) in [7, 11) is 0. The lowest BCUT2D eigenvalue weighted by molar-refractivity contribution is 0.0938. The van der Waals surface area contributed by atoms with Crippen LogP contribution in [0.3, 0.4) is 0 Å². The topological polar surface area (TPSA) is 54.9 Å². The Labute approximate surface area is 159 Å². The van der Waals surface area contributed by atoms with Gasteiger partial charge in [-0.05, 0) is 44.4 Å². The summed E-state index contributed by atoms with van der Waals surface area (Å²) < 4.78 is 14.0. The molecule has 4 rings (SSSR count). The molecule has 0 saturated carbocycles. The molecule has 2 aromatic heterocycles. The normalized spacial score (nSPS) is 16.5. The summed E-state index contributed by atoms with van der Waals surface area (Å²) in [6, 6.07) is 4.89. The second-order valence-electron chi connectivity index (χ2n) is 6.41. The second kappa shape index (κ2) is 6.63. The summed E-state index contributed by atoms with van der Waals surface area (Å²) in [5, 5.41) is 4.05. The molecule has 4 nitrogen and oxygen atoms in total. The Hall–Kier alpha value is -1.99. The van der Waals surface area contributed by atoms with Gasteiger partial charge in [-0.15, -0.1) is 23.1 Å². The van der Waals surface area contributed by atoms with Crippen LogP contribution in [0.5, 0.6) is 0 Å². The van der Waals surface area contributed by atoms with Crippen molar-refractivity contribution in [3.8, 4) is 0 Å². The number of carbonyl (C=O) groups is 1. The highest BCUT2D eigenvalue weighted by atomic mass is 32.2. The van der Waals surface area contributed by atoms with E-state index in [1.807, 2.05) is 26.8 Å². The standard InChI is InChI=1S/C19H18FN3OS2/c1-9-15-10(2)21-11(3)22-19(15)26-16(9)18(24)23-14-7-8-25-17-12(14)5-4-6-13(17)20/h4-6,14H,7-8H2,1-3H3,(H,23,24)/t14-/m0/s1. The van der Waals surface area contributed by atoms with Gasteiger partial charge in [0.1, 0.15) is 16.5 Å². The Bertz CT molecular complexity index is 1030. The molecule has 0 aliphatic carbocycles. The summed E-state index contributed by atoms with van der Waals surface area (Å²) in [5.41, 5.74) is 2.66. The molecule has 1 aliphatic heterocycles. The molecule has 0 radical (unpaired) electrons. The molecule has 1 aliphatic rings. The monoisotopic (exact) mass is 387 g/mol. The van der Waals surface area contributed by atoms with E-state index in [1.54, 1.807) is 6.07 Å². The van der Waals surface area contributed by atoms with Crippen molar-refractivity contribution in [2.24, 2.45) is 0 Å². The number of nitrogens with one attached hydrogen (secondary N) is 1. The summed E-state index contributed by atoms with van der Waals surface area (Å²) >= 11 is 2.90. The zero-order valence-electron chi connectivity index (χ0n) is 14.7.